The van der Waals surface area contributed by atoms with Crippen molar-refractivity contribution in [3.8, 4) is 0 Å². The highest BCUT2D eigenvalue weighted by molar-refractivity contribution is 9.10. The van der Waals surface area contributed by atoms with Gasteiger partial charge in [0, 0.05) is 11.9 Å². The second-order valence-corrected chi connectivity index (χ2v) is 5.77. The van der Waals surface area contributed by atoms with Gasteiger partial charge < -0.3 is 0 Å². The van der Waals surface area contributed by atoms with Crippen LogP contribution in [0.15, 0.2) is 4.60 Å². The van der Waals surface area contributed by atoms with Crippen LogP contribution in [0.25, 0.3) is 0 Å². The lowest BCUT2D eigenvalue weighted by Gasteiger charge is -2.07. The first-order valence-electron chi connectivity index (χ1n) is 4.86. The summed E-state index contributed by atoms with van der Waals surface area (Å²) in [4.78, 5) is 0.671. The van der Waals surface area contributed by atoms with Gasteiger partial charge in [0.1, 0.15) is 0 Å². The van der Waals surface area contributed by atoms with E-state index in [4.69, 9.17) is 0 Å². The van der Waals surface area contributed by atoms with Crippen molar-refractivity contribution in [1.29, 1.82) is 0 Å². The van der Waals surface area contributed by atoms with Crippen molar-refractivity contribution in [2.75, 3.05) is 0 Å². The maximum atomic E-state index is 3.97. The molecule has 1 atom stereocenters. The van der Waals surface area contributed by atoms with E-state index in [0.29, 0.717) is 4.83 Å². The summed E-state index contributed by atoms with van der Waals surface area (Å²) < 4.78 is 2.73. The van der Waals surface area contributed by atoms with Crippen molar-refractivity contribution in [3.63, 3.8) is 0 Å². The topological polar surface area (TPSA) is 30.7 Å². The van der Waals surface area contributed by atoms with Gasteiger partial charge in [0.25, 0.3) is 0 Å². The van der Waals surface area contributed by atoms with Crippen molar-refractivity contribution in [2.45, 2.75) is 30.5 Å². The van der Waals surface area contributed by atoms with E-state index < -0.39 is 0 Å². The van der Waals surface area contributed by atoms with Crippen molar-refractivity contribution >= 4 is 31.9 Å². The van der Waals surface area contributed by atoms with Gasteiger partial charge in [0.15, 0.2) is 4.60 Å². The Kier molecular flexibility index (Phi) is 3.27. The van der Waals surface area contributed by atoms with Gasteiger partial charge in [0.05, 0.1) is 5.69 Å². The predicted octanol–water partition coefficient (Wildman–Crippen LogP) is 2.68. The van der Waals surface area contributed by atoms with Crippen LogP contribution < -0.4 is 0 Å². The third-order valence-electron chi connectivity index (χ3n) is 2.69. The molecule has 0 saturated heterocycles. The molecule has 0 aromatic carbocycles. The summed E-state index contributed by atoms with van der Waals surface area (Å²) in [7, 11) is 1.94. The van der Waals surface area contributed by atoms with Gasteiger partial charge in [-0.1, -0.05) is 21.1 Å². The van der Waals surface area contributed by atoms with E-state index in [1.165, 1.54) is 25.0 Å². The number of aromatic nitrogens is 3. The fourth-order valence-corrected chi connectivity index (χ4v) is 2.87. The van der Waals surface area contributed by atoms with Crippen LogP contribution in [0.2, 0.25) is 0 Å². The Balaban J connectivity index is 1.90. The first kappa shape index (κ1) is 10.6. The monoisotopic (exact) mass is 321 g/mol. The summed E-state index contributed by atoms with van der Waals surface area (Å²) >= 11 is 7.14. The highest BCUT2D eigenvalue weighted by Gasteiger charge is 2.29. The number of aryl methyl sites for hydroxylation is 1. The first-order valence-corrected chi connectivity index (χ1v) is 6.57. The van der Waals surface area contributed by atoms with E-state index >= 15 is 0 Å². The average molecular weight is 323 g/mol. The molecule has 1 heterocycles. The number of halogens is 2. The molecular formula is C9H13Br2N3. The standard InChI is InChI=1S/C9H13Br2N3/c1-14-8(9(11)12-13-14)5-4-7(10)6-2-3-6/h6-7H,2-5H2,1H3. The summed E-state index contributed by atoms with van der Waals surface area (Å²) in [5, 5.41) is 7.93. The van der Waals surface area contributed by atoms with Gasteiger partial charge in [-0.2, -0.15) is 0 Å². The summed E-state index contributed by atoms with van der Waals surface area (Å²) in [6.07, 6.45) is 4.99. The molecule has 1 fully saturated rings. The van der Waals surface area contributed by atoms with Crippen LogP contribution in [0.5, 0.6) is 0 Å². The summed E-state index contributed by atoms with van der Waals surface area (Å²) in [5.74, 6) is 0.912. The Morgan fingerprint density at radius 1 is 1.57 bits per heavy atom. The Labute approximate surface area is 101 Å². The summed E-state index contributed by atoms with van der Waals surface area (Å²) in [6, 6.07) is 0. The van der Waals surface area contributed by atoms with Gasteiger partial charge >= 0.3 is 0 Å². The van der Waals surface area contributed by atoms with Gasteiger partial charge in [-0.25, -0.2) is 0 Å². The molecule has 0 N–H and O–H groups in total. The molecule has 0 amide bonds. The lowest BCUT2D eigenvalue weighted by molar-refractivity contribution is 0.634. The van der Waals surface area contributed by atoms with E-state index in [-0.39, 0.29) is 0 Å². The van der Waals surface area contributed by atoms with Crippen molar-refractivity contribution < 1.29 is 0 Å². The fraction of sp³-hybridized carbons (Fsp3) is 0.778. The lowest BCUT2D eigenvalue weighted by Crippen LogP contribution is -2.06. The normalized spacial score (nSPS) is 18.5. The molecule has 1 aliphatic rings. The van der Waals surface area contributed by atoms with Crippen LogP contribution in [-0.4, -0.2) is 19.8 Å². The highest BCUT2D eigenvalue weighted by atomic mass is 79.9. The van der Waals surface area contributed by atoms with E-state index in [0.717, 1.165) is 16.9 Å². The number of alkyl halides is 1. The maximum Gasteiger partial charge on any atom is 0.151 e. The molecule has 0 bridgehead atoms. The smallest absolute Gasteiger partial charge is 0.151 e. The highest BCUT2D eigenvalue weighted by Crippen LogP contribution is 2.38. The zero-order valence-electron chi connectivity index (χ0n) is 8.08. The minimum absolute atomic E-state index is 0.671. The van der Waals surface area contributed by atoms with Gasteiger partial charge in [0.2, 0.25) is 0 Å². The molecule has 0 spiro atoms. The SMILES string of the molecule is Cn1nnc(Br)c1CCC(Br)C1CC1. The Bertz CT molecular complexity index is 300. The van der Waals surface area contributed by atoms with Gasteiger partial charge in [-0.05, 0) is 47.5 Å². The second-order valence-electron chi connectivity index (χ2n) is 3.84. The van der Waals surface area contributed by atoms with Crippen molar-refractivity contribution in [2.24, 2.45) is 13.0 Å². The predicted molar refractivity (Wildman–Crippen MR) is 62.5 cm³/mol. The summed E-state index contributed by atoms with van der Waals surface area (Å²) in [6.45, 7) is 0. The fourth-order valence-electron chi connectivity index (χ4n) is 1.58. The van der Waals surface area contributed by atoms with Crippen LogP contribution in [0.3, 0.4) is 0 Å². The lowest BCUT2D eigenvalue weighted by atomic mass is 10.1. The van der Waals surface area contributed by atoms with Crippen LogP contribution >= 0.6 is 31.9 Å². The minimum Gasteiger partial charge on any atom is -0.251 e. The third kappa shape index (κ3) is 2.37. The Hall–Kier alpha value is 0.1000. The maximum absolute atomic E-state index is 3.97. The molecule has 1 aromatic rings. The first-order chi connectivity index (χ1) is 6.68. The molecule has 5 heteroatoms. The van der Waals surface area contributed by atoms with Crippen molar-refractivity contribution in [1.82, 2.24) is 15.0 Å². The number of nitrogens with zero attached hydrogens (tertiary/aromatic N) is 3. The molecule has 0 aliphatic heterocycles. The molecule has 14 heavy (non-hydrogen) atoms. The van der Waals surface area contributed by atoms with Gasteiger partial charge in [-0.15, -0.1) is 5.10 Å². The molecule has 1 aliphatic carbocycles. The quantitative estimate of drug-likeness (QED) is 0.798. The van der Waals surface area contributed by atoms with Crippen LogP contribution in [0.4, 0.5) is 0 Å². The molecule has 3 nitrogen and oxygen atoms in total. The zero-order valence-corrected chi connectivity index (χ0v) is 11.3. The zero-order chi connectivity index (χ0) is 10.1. The van der Waals surface area contributed by atoms with E-state index in [9.17, 15) is 0 Å². The minimum atomic E-state index is 0.671. The molecule has 1 saturated carbocycles. The third-order valence-corrected chi connectivity index (χ3v) is 4.51. The van der Waals surface area contributed by atoms with Gasteiger partial charge in [-0.3, -0.25) is 4.68 Å². The van der Waals surface area contributed by atoms with E-state index in [2.05, 4.69) is 42.2 Å². The molecule has 1 aromatic heterocycles. The molecule has 0 radical (unpaired) electrons. The molecule has 1 unspecified atom stereocenters. The van der Waals surface area contributed by atoms with E-state index in [1.807, 2.05) is 11.7 Å². The van der Waals surface area contributed by atoms with E-state index in [1.54, 1.807) is 0 Å². The molecule has 78 valence electrons. The Morgan fingerprint density at radius 2 is 2.29 bits per heavy atom. The summed E-state index contributed by atoms with van der Waals surface area (Å²) in [5.41, 5.74) is 1.19. The largest absolute Gasteiger partial charge is 0.251 e. The van der Waals surface area contributed by atoms with Crippen LogP contribution in [0, 0.1) is 5.92 Å². The van der Waals surface area contributed by atoms with Crippen LogP contribution in [-0.2, 0) is 13.5 Å². The van der Waals surface area contributed by atoms with Crippen LogP contribution in [0.1, 0.15) is 25.0 Å². The second kappa shape index (κ2) is 4.31. The Morgan fingerprint density at radius 3 is 2.79 bits per heavy atom. The molecule has 2 rings (SSSR count). The average Bonchev–Trinajstić information content (AvgIpc) is 2.93. The molecular weight excluding hydrogens is 310 g/mol. The number of hydrogen-bond donors (Lipinski definition) is 0. The number of rotatable bonds is 4. The number of hydrogen-bond acceptors (Lipinski definition) is 2. The van der Waals surface area contributed by atoms with Crippen molar-refractivity contribution in [3.05, 3.63) is 10.3 Å².